The van der Waals surface area contributed by atoms with Crippen molar-refractivity contribution in [1.82, 2.24) is 78.9 Å². The Morgan fingerprint density at radius 2 is 0.883 bits per heavy atom. The highest BCUT2D eigenvalue weighted by Crippen LogP contribution is 2.24. The second kappa shape index (κ2) is 50.6. The lowest BCUT2D eigenvalue weighted by Gasteiger charge is -2.33. The fraction of sp³-hybridized carbons (Fsp3) is 0.618. The lowest BCUT2D eigenvalue weighted by molar-refractivity contribution is -0.146. The number of nitrogens with one attached hydrogen (secondary N) is 14. The number of nitrogens with two attached hydrogens (primary N) is 4. The molecule has 4 rings (SSSR count). The Morgan fingerprint density at radius 1 is 0.475 bits per heavy atom. The van der Waals surface area contributed by atoms with Crippen LogP contribution in [0.1, 0.15) is 130 Å². The van der Waals surface area contributed by atoms with Gasteiger partial charge in [0.05, 0.1) is 45.1 Å². The minimum Gasteiger partial charge on any atom is -0.508 e. The maximum absolute atomic E-state index is 15.0. The van der Waals surface area contributed by atoms with Gasteiger partial charge in [-0.15, -0.1) is 0 Å². The number of carboxylic acid groups (broad SMARTS) is 1. The van der Waals surface area contributed by atoms with E-state index in [9.17, 15) is 118 Å². The van der Waals surface area contributed by atoms with Gasteiger partial charge in [-0.1, -0.05) is 76.6 Å². The first-order chi connectivity index (χ1) is 56.7. The van der Waals surface area contributed by atoms with Crippen LogP contribution in [-0.4, -0.2) is 307 Å². The molecule has 2 fully saturated rings. The molecule has 0 aliphatic carbocycles. The number of aliphatic hydroxyl groups excluding tert-OH is 6. The van der Waals surface area contributed by atoms with Crippen molar-refractivity contribution in [1.29, 1.82) is 5.41 Å². The zero-order valence-electron chi connectivity index (χ0n) is 68.0. The lowest BCUT2D eigenvalue weighted by Crippen LogP contribution is -2.62. The predicted octanol–water partition coefficient (Wildman–Crippen LogP) is -9.52. The summed E-state index contributed by atoms with van der Waals surface area (Å²) in [6.07, 6.45) is -4.01. The summed E-state index contributed by atoms with van der Waals surface area (Å²) in [4.78, 5) is 225. The van der Waals surface area contributed by atoms with E-state index in [-0.39, 0.29) is 94.8 Å². The maximum Gasteiger partial charge on any atom is 0.328 e. The summed E-state index contributed by atoms with van der Waals surface area (Å²) in [5, 5.41) is 120. The molecule has 2 aliphatic heterocycles. The molecule has 2 aromatic rings. The number of rotatable bonds is 51. The van der Waals surface area contributed by atoms with Crippen LogP contribution in [0.2, 0.25) is 0 Å². The number of phenols is 1. The molecule has 2 saturated heterocycles. The SMILES string of the molecule is CC[C@H](C)[C@H](NC(=O)[C@@H]1CCCN1C(=O)[C@H](CC(C)C)NC(=O)[C@@H](NC(=O)[C@@H]1CCCN1C(=O)[C@H](CCCNC(=N)N)NC(=O)[C@H](CC(N)=O)NC(=O)[C@H](Cc1ccccc1)NC(=O)[C@H](CO)NC(=O)[C@H](Cc1ccc(O)cc1)NC(=O)[C@H](CO)NC(=O)[C@H](CCCCN)NC(=O)[C@H](CO)NC(=O)[C@@H](N)CO)[C@@H](C)O)C(=O)N[C@H](C(=O)O)[C@@H](C)O. The quantitative estimate of drug-likeness (QED) is 0.0166. The van der Waals surface area contributed by atoms with Gasteiger partial charge in [0.15, 0.2) is 12.0 Å². The number of phenolic OH excluding ortho intramolecular Hbond substituents is 1. The third kappa shape index (κ3) is 32.1. The van der Waals surface area contributed by atoms with Crippen LogP contribution in [0, 0.1) is 17.2 Å². The number of benzene rings is 2. The summed E-state index contributed by atoms with van der Waals surface area (Å²) >= 11 is 0. The fourth-order valence-corrected chi connectivity index (χ4v) is 13.1. The molecule has 0 bridgehead atoms. The number of carbonyl (C=O) groups excluding carboxylic acids is 15. The summed E-state index contributed by atoms with van der Waals surface area (Å²) in [6, 6.07) is -11.4. The molecule has 2 aromatic carbocycles. The number of unbranched alkanes of at least 4 members (excludes halogenated alkanes) is 1. The largest absolute Gasteiger partial charge is 0.508 e. The summed E-state index contributed by atoms with van der Waals surface area (Å²) in [5.74, 6) is -18.9. The molecule has 120 heavy (non-hydrogen) atoms. The van der Waals surface area contributed by atoms with Crippen LogP contribution in [0.3, 0.4) is 0 Å². The monoisotopic (exact) mass is 1700 g/mol. The number of carbonyl (C=O) groups is 16. The smallest absolute Gasteiger partial charge is 0.328 e. The zero-order chi connectivity index (χ0) is 89.8. The van der Waals surface area contributed by atoms with Crippen molar-refractivity contribution in [2.45, 2.75) is 234 Å². The van der Waals surface area contributed by atoms with Crippen molar-refractivity contribution < 1.29 is 118 Å². The first-order valence-electron chi connectivity index (χ1n) is 39.7. The van der Waals surface area contributed by atoms with Gasteiger partial charge in [0.2, 0.25) is 88.6 Å². The Morgan fingerprint density at radius 3 is 1.33 bits per heavy atom. The number of carboxylic acids is 1. The number of hydrogen-bond acceptors (Lipinski definition) is 26. The van der Waals surface area contributed by atoms with E-state index in [1.54, 1.807) is 58.0 Å². The zero-order valence-corrected chi connectivity index (χ0v) is 68.0. The Labute approximate surface area is 692 Å². The fourth-order valence-electron chi connectivity index (χ4n) is 13.1. The molecule has 18 atom stereocenters. The van der Waals surface area contributed by atoms with E-state index in [2.05, 4.69) is 69.1 Å². The Balaban J connectivity index is 1.60. The van der Waals surface area contributed by atoms with E-state index < -0.39 is 255 Å². The maximum atomic E-state index is 15.0. The second-order valence-corrected chi connectivity index (χ2v) is 30.1. The van der Waals surface area contributed by atoms with E-state index in [0.717, 1.165) is 4.90 Å². The van der Waals surface area contributed by atoms with Crippen LogP contribution in [-0.2, 0) is 89.6 Å². The van der Waals surface area contributed by atoms with Crippen LogP contribution in [0.15, 0.2) is 54.6 Å². The number of primary amides is 1. The van der Waals surface area contributed by atoms with Gasteiger partial charge >= 0.3 is 5.97 Å². The Hall–Kier alpha value is -11.3. The number of guanidine groups is 1. The highest BCUT2D eigenvalue weighted by molar-refractivity contribution is 6.01. The normalized spacial score (nSPS) is 17.8. The second-order valence-electron chi connectivity index (χ2n) is 30.1. The third-order valence-electron chi connectivity index (χ3n) is 20.0. The number of nitrogens with zero attached hydrogens (tertiary/aromatic N) is 2. The van der Waals surface area contributed by atoms with Crippen LogP contribution in [0.4, 0.5) is 0 Å². The average molecular weight is 1700 g/mol. The van der Waals surface area contributed by atoms with Gasteiger partial charge < -0.3 is 143 Å². The van der Waals surface area contributed by atoms with Gasteiger partial charge in [-0.25, -0.2) is 4.79 Å². The molecule has 0 unspecified atom stereocenters. The number of hydrogen-bond donors (Lipinski definition) is 26. The predicted molar refractivity (Wildman–Crippen MR) is 427 cm³/mol. The highest BCUT2D eigenvalue weighted by atomic mass is 16.4. The number of amides is 15. The standard InChI is InChI=1S/C76H120N20O24/c1-7-39(4)58(71(115)94-60(41(6)102)75(119)120)92-69(113)55-20-15-29-96(55)74(118)51(30-38(2)3)88-72(116)59(40(5)101)93-70(114)56-21-14-28-95(56)73(117)47(19-13-27-82-76(80)81)84-65(109)50(33-57(79)104)87-63(107)48(31-42-16-9-8-10-17-42)85-68(112)54(37-100)91-64(108)49(32-43-22-24-44(103)25-23-43)86-67(111)53(36-99)90-62(106)46(18-11-12-26-77)83-66(110)52(35-98)89-61(105)45(78)34-97/h8-10,16-17,22-25,38-41,45-56,58-60,97-103H,7,11-15,18-21,26-37,77-78H2,1-6H3,(H2,79,104)(H,83,110)(H,84,109)(H,85,112)(H,86,111)(H,87,107)(H,88,116)(H,89,105)(H,90,106)(H,91,108)(H,92,113)(H,93,114)(H,94,115)(H,119,120)(H4,80,81,82)/t39-,40+,41+,45-,46-,47-,48-,49-,50-,51-,52-,53-,54-,55-,56-,58-,59-,60-/m0/s1. The summed E-state index contributed by atoms with van der Waals surface area (Å²) < 4.78 is 0. The molecule has 0 aromatic heterocycles. The number of aliphatic hydroxyl groups is 6. The molecule has 44 nitrogen and oxygen atoms in total. The third-order valence-corrected chi connectivity index (χ3v) is 20.0. The molecule has 15 amide bonds. The number of likely N-dealkylation sites (tertiary alicyclic amines) is 2. The first-order valence-corrected chi connectivity index (χ1v) is 39.7. The highest BCUT2D eigenvalue weighted by Gasteiger charge is 2.45. The molecule has 0 spiro atoms. The van der Waals surface area contributed by atoms with Gasteiger partial charge in [-0.3, -0.25) is 77.3 Å². The summed E-state index contributed by atoms with van der Waals surface area (Å²) in [6.45, 7) is 5.02. The van der Waals surface area contributed by atoms with Crippen LogP contribution >= 0.6 is 0 Å². The molecule has 0 saturated carbocycles. The van der Waals surface area contributed by atoms with Crippen LogP contribution < -0.4 is 92.1 Å². The molecular formula is C76H120N20O24. The number of aliphatic carboxylic acids is 1. The first kappa shape index (κ1) is 101. The van der Waals surface area contributed by atoms with E-state index in [1.807, 2.05) is 0 Å². The molecule has 0 radical (unpaired) electrons. The molecule has 2 aliphatic rings. The number of aromatic hydroxyl groups is 1. The van der Waals surface area contributed by atoms with E-state index in [4.69, 9.17) is 28.3 Å². The average Bonchev–Trinajstić information content (AvgIpc) is 1.62. The van der Waals surface area contributed by atoms with Crippen molar-refractivity contribution in [3.8, 4) is 5.75 Å². The van der Waals surface area contributed by atoms with Gasteiger partial charge in [0.1, 0.15) is 90.3 Å². The topological polar surface area (TPSA) is 726 Å². The molecular weight excluding hydrogens is 1580 g/mol. The molecule has 668 valence electrons. The van der Waals surface area contributed by atoms with Gasteiger partial charge in [-0.2, -0.15) is 0 Å². The molecule has 30 N–H and O–H groups in total. The van der Waals surface area contributed by atoms with Gasteiger partial charge in [0.25, 0.3) is 0 Å². The van der Waals surface area contributed by atoms with Crippen molar-refractivity contribution in [3.05, 3.63) is 65.7 Å². The summed E-state index contributed by atoms with van der Waals surface area (Å²) in [7, 11) is 0. The minimum absolute atomic E-state index is 0.0197. The van der Waals surface area contributed by atoms with Crippen LogP contribution in [0.25, 0.3) is 0 Å². The van der Waals surface area contributed by atoms with E-state index in [0.29, 0.717) is 24.8 Å². The van der Waals surface area contributed by atoms with Crippen molar-refractivity contribution >= 4 is 101 Å². The van der Waals surface area contributed by atoms with Crippen molar-refractivity contribution in [2.24, 2.45) is 34.8 Å². The van der Waals surface area contributed by atoms with Crippen molar-refractivity contribution in [3.63, 3.8) is 0 Å². The lowest BCUT2D eigenvalue weighted by atomic mass is 9.97. The molecule has 44 heteroatoms. The van der Waals surface area contributed by atoms with Crippen molar-refractivity contribution in [2.75, 3.05) is 52.6 Å². The minimum atomic E-state index is -1.99. The van der Waals surface area contributed by atoms with Gasteiger partial charge in [-0.05, 0) is 120 Å². The van der Waals surface area contributed by atoms with Gasteiger partial charge in [0, 0.05) is 32.5 Å². The Bertz CT molecular complexity index is 3830. The molecule has 2 heterocycles. The Kier molecular flexibility index (Phi) is 42.6. The van der Waals surface area contributed by atoms with E-state index >= 15 is 0 Å². The summed E-state index contributed by atoms with van der Waals surface area (Å²) in [5.41, 5.74) is 23.0. The van der Waals surface area contributed by atoms with E-state index in [1.165, 1.54) is 43.0 Å². The van der Waals surface area contributed by atoms with Crippen LogP contribution in [0.5, 0.6) is 5.75 Å².